The number of rotatable bonds is 4. The summed E-state index contributed by atoms with van der Waals surface area (Å²) in [6.45, 7) is 6.19. The topological polar surface area (TPSA) is 55.1 Å². The van der Waals surface area contributed by atoms with Gasteiger partial charge in [0.15, 0.2) is 0 Å². The average Bonchev–Trinajstić information content (AvgIpc) is 2.42. The third-order valence-electron chi connectivity index (χ3n) is 3.39. The van der Waals surface area contributed by atoms with Crippen LogP contribution in [-0.4, -0.2) is 18.0 Å². The van der Waals surface area contributed by atoms with Gasteiger partial charge in [-0.3, -0.25) is 4.79 Å². The molecule has 0 aliphatic carbocycles. The normalized spacial score (nSPS) is 13.2. The Morgan fingerprint density at radius 2 is 1.85 bits per heavy atom. The molecule has 0 aliphatic rings. The van der Waals surface area contributed by atoms with Crippen molar-refractivity contribution in [1.82, 2.24) is 5.32 Å². The molecule has 0 saturated carbocycles. The van der Waals surface area contributed by atoms with E-state index in [0.29, 0.717) is 6.54 Å². The molecule has 2 rings (SSSR count). The van der Waals surface area contributed by atoms with Gasteiger partial charge in [0.25, 0.3) is 0 Å². The van der Waals surface area contributed by atoms with E-state index in [4.69, 9.17) is 5.73 Å². The van der Waals surface area contributed by atoms with Crippen molar-refractivity contribution in [1.29, 1.82) is 0 Å². The molecule has 3 nitrogen and oxygen atoms in total. The Morgan fingerprint density at radius 3 is 2.50 bits per heavy atom. The number of carbonyl (C=O) groups is 1. The molecule has 2 aromatic rings. The maximum absolute atomic E-state index is 12.2. The van der Waals surface area contributed by atoms with Crippen LogP contribution >= 0.6 is 0 Å². The second-order valence-electron chi connectivity index (χ2n) is 6.03. The van der Waals surface area contributed by atoms with Gasteiger partial charge in [0.1, 0.15) is 0 Å². The monoisotopic (exact) mass is 270 g/mol. The van der Waals surface area contributed by atoms with Gasteiger partial charge in [-0.05, 0) is 37.1 Å². The lowest BCUT2D eigenvalue weighted by Gasteiger charge is -2.21. The summed E-state index contributed by atoms with van der Waals surface area (Å²) in [5, 5.41) is 5.25. The van der Waals surface area contributed by atoms with E-state index in [-0.39, 0.29) is 11.8 Å². The molecule has 0 bridgehead atoms. The summed E-state index contributed by atoms with van der Waals surface area (Å²) >= 11 is 0. The molecule has 106 valence electrons. The zero-order chi connectivity index (χ0) is 14.8. The third kappa shape index (κ3) is 3.58. The number of benzene rings is 2. The van der Waals surface area contributed by atoms with Gasteiger partial charge < -0.3 is 11.1 Å². The number of nitrogens with one attached hydrogen (secondary N) is 1. The highest BCUT2D eigenvalue weighted by molar-refractivity contribution is 5.87. The second-order valence-corrected chi connectivity index (χ2v) is 6.03. The minimum atomic E-state index is -0.390. The lowest BCUT2D eigenvalue weighted by atomic mass is 9.96. The maximum atomic E-state index is 12.2. The minimum Gasteiger partial charge on any atom is -0.354 e. The number of hydrogen-bond donors (Lipinski definition) is 2. The number of amides is 1. The zero-order valence-electron chi connectivity index (χ0n) is 12.3. The van der Waals surface area contributed by atoms with E-state index in [2.05, 4.69) is 29.6 Å². The summed E-state index contributed by atoms with van der Waals surface area (Å²) in [4.78, 5) is 12.2. The first kappa shape index (κ1) is 14.5. The highest BCUT2D eigenvalue weighted by Crippen LogP contribution is 2.21. The Kier molecular flexibility index (Phi) is 4.09. The molecule has 0 spiro atoms. The Hall–Kier alpha value is -1.87. The summed E-state index contributed by atoms with van der Waals surface area (Å²) in [6, 6.07) is 14.3. The van der Waals surface area contributed by atoms with Crippen LogP contribution in [0.3, 0.4) is 0 Å². The summed E-state index contributed by atoms with van der Waals surface area (Å²) in [6.07, 6.45) is 0. The summed E-state index contributed by atoms with van der Waals surface area (Å²) in [5.74, 6) is -0.166. The van der Waals surface area contributed by atoms with Crippen LogP contribution in [0.15, 0.2) is 42.5 Å². The van der Waals surface area contributed by atoms with Gasteiger partial charge >= 0.3 is 0 Å². The fraction of sp³-hybridized carbons (Fsp3) is 0.353. The molecule has 20 heavy (non-hydrogen) atoms. The Bertz CT molecular complexity index is 614. The average molecular weight is 270 g/mol. The van der Waals surface area contributed by atoms with Crippen LogP contribution in [0.5, 0.6) is 0 Å². The SMILES string of the molecule is CC(C(=O)NCC(C)(C)N)c1ccc2ccccc2c1. The molecule has 3 N–H and O–H groups in total. The molecule has 1 atom stereocenters. The molecule has 0 aliphatic heterocycles. The molecule has 0 fully saturated rings. The molecule has 1 unspecified atom stereocenters. The first-order valence-electron chi connectivity index (χ1n) is 6.92. The van der Waals surface area contributed by atoms with Crippen molar-refractivity contribution in [2.45, 2.75) is 32.2 Å². The Morgan fingerprint density at radius 1 is 1.20 bits per heavy atom. The zero-order valence-corrected chi connectivity index (χ0v) is 12.3. The molecular formula is C17H22N2O. The van der Waals surface area contributed by atoms with Crippen LogP contribution in [0.2, 0.25) is 0 Å². The summed E-state index contributed by atoms with van der Waals surface area (Å²) in [7, 11) is 0. The van der Waals surface area contributed by atoms with Gasteiger partial charge in [-0.25, -0.2) is 0 Å². The number of nitrogens with two attached hydrogens (primary N) is 1. The number of fused-ring (bicyclic) bond motifs is 1. The first-order valence-corrected chi connectivity index (χ1v) is 6.92. The Balaban J connectivity index is 2.14. The van der Waals surface area contributed by atoms with Gasteiger partial charge in [0, 0.05) is 12.1 Å². The van der Waals surface area contributed by atoms with Crippen LogP contribution in [0.4, 0.5) is 0 Å². The fourth-order valence-electron chi connectivity index (χ4n) is 2.10. The smallest absolute Gasteiger partial charge is 0.227 e. The van der Waals surface area contributed by atoms with E-state index in [1.807, 2.05) is 39.0 Å². The second kappa shape index (κ2) is 5.63. The fourth-order valence-corrected chi connectivity index (χ4v) is 2.10. The predicted molar refractivity (Wildman–Crippen MR) is 83.6 cm³/mol. The van der Waals surface area contributed by atoms with E-state index < -0.39 is 5.54 Å². The molecular weight excluding hydrogens is 248 g/mol. The van der Waals surface area contributed by atoms with Gasteiger partial charge in [-0.2, -0.15) is 0 Å². The largest absolute Gasteiger partial charge is 0.354 e. The minimum absolute atomic E-state index is 0.0128. The van der Waals surface area contributed by atoms with Gasteiger partial charge in [-0.15, -0.1) is 0 Å². The molecule has 0 radical (unpaired) electrons. The van der Waals surface area contributed by atoms with Gasteiger partial charge in [0.2, 0.25) is 5.91 Å². The molecule has 0 saturated heterocycles. The lowest BCUT2D eigenvalue weighted by Crippen LogP contribution is -2.46. The number of carbonyl (C=O) groups excluding carboxylic acids is 1. The van der Waals surface area contributed by atoms with Crippen molar-refractivity contribution >= 4 is 16.7 Å². The molecule has 0 aromatic heterocycles. The van der Waals surface area contributed by atoms with Crippen molar-refractivity contribution in [3.05, 3.63) is 48.0 Å². The first-order chi connectivity index (χ1) is 9.37. The van der Waals surface area contributed by atoms with Crippen LogP contribution in [-0.2, 0) is 4.79 Å². The summed E-state index contributed by atoms with van der Waals surface area (Å²) < 4.78 is 0. The van der Waals surface area contributed by atoms with Crippen molar-refractivity contribution in [3.8, 4) is 0 Å². The van der Waals surface area contributed by atoms with Crippen molar-refractivity contribution in [2.24, 2.45) is 5.73 Å². The van der Waals surface area contributed by atoms with Crippen molar-refractivity contribution in [2.75, 3.05) is 6.54 Å². The highest BCUT2D eigenvalue weighted by Gasteiger charge is 2.18. The van der Waals surface area contributed by atoms with Crippen LogP contribution in [0, 0.1) is 0 Å². The molecule has 1 amide bonds. The van der Waals surface area contributed by atoms with E-state index in [1.54, 1.807) is 0 Å². The molecule has 3 heteroatoms. The number of hydrogen-bond acceptors (Lipinski definition) is 2. The summed E-state index contributed by atoms with van der Waals surface area (Å²) in [5.41, 5.74) is 6.52. The Labute approximate surface area is 120 Å². The van der Waals surface area contributed by atoms with E-state index >= 15 is 0 Å². The van der Waals surface area contributed by atoms with Gasteiger partial charge in [-0.1, -0.05) is 42.5 Å². The van der Waals surface area contributed by atoms with Crippen LogP contribution < -0.4 is 11.1 Å². The third-order valence-corrected chi connectivity index (χ3v) is 3.39. The van der Waals surface area contributed by atoms with E-state index in [1.165, 1.54) is 5.39 Å². The highest BCUT2D eigenvalue weighted by atomic mass is 16.1. The van der Waals surface area contributed by atoms with E-state index in [9.17, 15) is 4.79 Å². The van der Waals surface area contributed by atoms with Crippen molar-refractivity contribution in [3.63, 3.8) is 0 Å². The van der Waals surface area contributed by atoms with Crippen molar-refractivity contribution < 1.29 is 4.79 Å². The lowest BCUT2D eigenvalue weighted by molar-refractivity contribution is -0.122. The van der Waals surface area contributed by atoms with Crippen LogP contribution in [0.1, 0.15) is 32.3 Å². The quantitative estimate of drug-likeness (QED) is 0.897. The van der Waals surface area contributed by atoms with E-state index in [0.717, 1.165) is 10.9 Å². The predicted octanol–water partition coefficient (Wildman–Crippen LogP) is 2.80. The van der Waals surface area contributed by atoms with Gasteiger partial charge in [0.05, 0.1) is 5.92 Å². The maximum Gasteiger partial charge on any atom is 0.227 e. The standard InChI is InChI=1S/C17H22N2O/c1-12(16(20)19-11-17(2,3)18)14-9-8-13-6-4-5-7-15(13)10-14/h4-10,12H,11,18H2,1-3H3,(H,19,20). The molecule has 2 aromatic carbocycles. The molecule has 0 heterocycles. The van der Waals surface area contributed by atoms with Crippen LogP contribution in [0.25, 0.3) is 10.8 Å².